The minimum absolute atomic E-state index is 0. The van der Waals surface area contributed by atoms with Crippen LogP contribution in [0.5, 0.6) is 0 Å². The molecule has 2 radical (unpaired) electrons. The molecule has 0 atom stereocenters. The standard InChI is InChI=1S/C9H14.C5H6.2C3H8.2CH3.2Rh/c1-3-8-5-6-9(4-2)7-8;1-2-4-5-3-1;2*1-3-2;;;;/h5-6H,3-4,7H2,1-2H3;1-4H,5H2;2*3H2,1-2H3;2*1H3;;/q;;;;2*-1;;. The van der Waals surface area contributed by atoms with Crippen LogP contribution in [0.3, 0.4) is 0 Å². The molecule has 0 unspecified atom stereocenters. The molecule has 24 heavy (non-hydrogen) atoms. The summed E-state index contributed by atoms with van der Waals surface area (Å²) in [4.78, 5) is 0. The molecule has 0 fully saturated rings. The quantitative estimate of drug-likeness (QED) is 0.258. The Labute approximate surface area is 180 Å². The summed E-state index contributed by atoms with van der Waals surface area (Å²) in [7, 11) is 0. The van der Waals surface area contributed by atoms with Crippen LogP contribution in [0.15, 0.2) is 47.6 Å². The number of allylic oxidation sites excluding steroid dienone is 8. The van der Waals surface area contributed by atoms with Crippen LogP contribution in [0.4, 0.5) is 0 Å². The molecule has 0 aromatic rings. The van der Waals surface area contributed by atoms with Crippen LogP contribution in [-0.4, -0.2) is 0 Å². The molecule has 0 heterocycles. The van der Waals surface area contributed by atoms with E-state index >= 15 is 0 Å². The van der Waals surface area contributed by atoms with Gasteiger partial charge in [0, 0.05) is 39.0 Å². The van der Waals surface area contributed by atoms with Crippen LogP contribution in [0.25, 0.3) is 0 Å². The topological polar surface area (TPSA) is 0 Å². The minimum Gasteiger partial charge on any atom is -0.358 e. The van der Waals surface area contributed by atoms with Crippen molar-refractivity contribution in [2.75, 3.05) is 0 Å². The Hall–Kier alpha value is 0.207. The van der Waals surface area contributed by atoms with E-state index in [1.165, 1.54) is 32.1 Å². The molecule has 2 rings (SSSR count). The molecular weight excluding hydrogens is 470 g/mol. The van der Waals surface area contributed by atoms with E-state index in [1.807, 2.05) is 0 Å². The third-order valence-corrected chi connectivity index (χ3v) is 2.57. The van der Waals surface area contributed by atoms with E-state index in [4.69, 9.17) is 0 Å². The third-order valence-electron chi connectivity index (χ3n) is 2.57. The van der Waals surface area contributed by atoms with Crippen molar-refractivity contribution in [2.24, 2.45) is 0 Å². The Morgan fingerprint density at radius 1 is 0.667 bits per heavy atom. The van der Waals surface area contributed by atoms with Gasteiger partial charge in [-0.3, -0.25) is 0 Å². The molecule has 0 saturated heterocycles. The van der Waals surface area contributed by atoms with E-state index in [0.717, 1.165) is 6.42 Å². The number of rotatable bonds is 2. The van der Waals surface area contributed by atoms with Crippen LogP contribution in [0.1, 0.15) is 80.1 Å². The summed E-state index contributed by atoms with van der Waals surface area (Å²) in [6.07, 6.45) is 20.2. The van der Waals surface area contributed by atoms with Crippen molar-refractivity contribution in [2.45, 2.75) is 80.1 Å². The maximum atomic E-state index is 2.26. The molecule has 0 aliphatic heterocycles. The molecule has 150 valence electrons. The average molecular weight is 512 g/mol. The molecule has 0 saturated carbocycles. The smallest absolute Gasteiger partial charge is 0 e. The van der Waals surface area contributed by atoms with Crippen molar-refractivity contribution < 1.29 is 39.0 Å². The van der Waals surface area contributed by atoms with Crippen LogP contribution in [0, 0.1) is 14.9 Å². The maximum Gasteiger partial charge on any atom is 0 e. The molecule has 2 heteroatoms. The summed E-state index contributed by atoms with van der Waals surface area (Å²) in [5, 5.41) is 0. The van der Waals surface area contributed by atoms with Crippen molar-refractivity contribution in [3.05, 3.63) is 62.5 Å². The van der Waals surface area contributed by atoms with Gasteiger partial charge in [-0.2, -0.15) is 0 Å². The summed E-state index contributed by atoms with van der Waals surface area (Å²) in [6, 6.07) is 0. The van der Waals surface area contributed by atoms with Crippen LogP contribution in [0.2, 0.25) is 0 Å². The van der Waals surface area contributed by atoms with E-state index in [0.29, 0.717) is 0 Å². The van der Waals surface area contributed by atoms with Crippen molar-refractivity contribution in [1.82, 2.24) is 0 Å². The van der Waals surface area contributed by atoms with E-state index in [9.17, 15) is 0 Å². The Balaban J connectivity index is -0.0000000474. The summed E-state index contributed by atoms with van der Waals surface area (Å²) in [5.41, 5.74) is 3.18. The predicted molar refractivity (Wildman–Crippen MR) is 109 cm³/mol. The van der Waals surface area contributed by atoms with Crippen LogP contribution < -0.4 is 0 Å². The molecule has 0 nitrogen and oxygen atoms in total. The Morgan fingerprint density at radius 3 is 1.08 bits per heavy atom. The Morgan fingerprint density at radius 2 is 0.958 bits per heavy atom. The first-order chi connectivity index (χ1) is 9.69. The maximum absolute atomic E-state index is 2.26. The van der Waals surface area contributed by atoms with Gasteiger partial charge in [0.2, 0.25) is 0 Å². The van der Waals surface area contributed by atoms with Gasteiger partial charge in [0.25, 0.3) is 0 Å². The largest absolute Gasteiger partial charge is 0.358 e. The minimum atomic E-state index is 0. The molecule has 0 bridgehead atoms. The predicted octanol–water partition coefficient (Wildman–Crippen LogP) is 8.29. The second kappa shape index (κ2) is 34.5. The van der Waals surface area contributed by atoms with Crippen molar-refractivity contribution in [1.29, 1.82) is 0 Å². The zero-order valence-corrected chi connectivity index (χ0v) is 20.7. The van der Waals surface area contributed by atoms with Gasteiger partial charge in [0.1, 0.15) is 0 Å². The molecule has 0 spiro atoms. The number of hydrogen-bond acceptors (Lipinski definition) is 0. The van der Waals surface area contributed by atoms with Crippen LogP contribution in [-0.2, 0) is 39.0 Å². The van der Waals surface area contributed by atoms with Gasteiger partial charge in [-0.1, -0.05) is 102 Å². The summed E-state index contributed by atoms with van der Waals surface area (Å²) in [5.74, 6) is 0. The fourth-order valence-electron chi connectivity index (χ4n) is 1.52. The second-order valence-electron chi connectivity index (χ2n) is 5.04. The van der Waals surface area contributed by atoms with Crippen molar-refractivity contribution in [3.8, 4) is 0 Å². The molecule has 2 aliphatic rings. The molecular formula is C22H42Rh2-2. The summed E-state index contributed by atoms with van der Waals surface area (Å²) in [6.45, 7) is 12.9. The van der Waals surface area contributed by atoms with Gasteiger partial charge >= 0.3 is 0 Å². The Kier molecular flexibility index (Phi) is 56.6. The fourth-order valence-corrected chi connectivity index (χ4v) is 1.52. The molecule has 0 aromatic heterocycles. The Bertz CT molecular complexity index is 280. The fraction of sp³-hybridized carbons (Fsp3) is 0.545. The SMILES string of the molecule is C1=CCC=C1.CCC.CCC.CCC1=CC=C(CC)C1.[CH3-].[CH3-].[Rh].[Rh]. The van der Waals surface area contributed by atoms with Gasteiger partial charge in [-0.25, -0.2) is 0 Å². The molecule has 0 aromatic carbocycles. The summed E-state index contributed by atoms with van der Waals surface area (Å²) < 4.78 is 0. The van der Waals surface area contributed by atoms with E-state index < -0.39 is 0 Å². The molecule has 0 amide bonds. The van der Waals surface area contributed by atoms with E-state index in [2.05, 4.69) is 78.0 Å². The third kappa shape index (κ3) is 30.1. The van der Waals surface area contributed by atoms with E-state index in [-0.39, 0.29) is 53.8 Å². The zero-order chi connectivity index (χ0) is 15.6. The average Bonchev–Trinajstić information content (AvgIpc) is 3.15. The van der Waals surface area contributed by atoms with Gasteiger partial charge in [-0.05, 0) is 25.7 Å². The first kappa shape index (κ1) is 39.3. The van der Waals surface area contributed by atoms with Gasteiger partial charge in [0.05, 0.1) is 0 Å². The summed E-state index contributed by atoms with van der Waals surface area (Å²) >= 11 is 0. The first-order valence-corrected chi connectivity index (χ1v) is 8.38. The van der Waals surface area contributed by atoms with Gasteiger partial charge in [-0.15, -0.1) is 0 Å². The monoisotopic (exact) mass is 512 g/mol. The number of hydrogen-bond donors (Lipinski definition) is 0. The van der Waals surface area contributed by atoms with Gasteiger partial charge < -0.3 is 14.9 Å². The zero-order valence-electron chi connectivity index (χ0n) is 17.4. The van der Waals surface area contributed by atoms with Crippen molar-refractivity contribution in [3.63, 3.8) is 0 Å². The normalized spacial score (nSPS) is 11.8. The van der Waals surface area contributed by atoms with Crippen LogP contribution >= 0.6 is 0 Å². The van der Waals surface area contributed by atoms with Gasteiger partial charge in [0.15, 0.2) is 0 Å². The molecule has 2 aliphatic carbocycles. The van der Waals surface area contributed by atoms with Crippen molar-refractivity contribution >= 4 is 0 Å². The van der Waals surface area contributed by atoms with E-state index in [1.54, 1.807) is 11.1 Å². The molecule has 0 N–H and O–H groups in total. The first-order valence-electron chi connectivity index (χ1n) is 8.38. The second-order valence-corrected chi connectivity index (χ2v) is 5.04.